The van der Waals surface area contributed by atoms with Crippen LogP contribution in [0.2, 0.25) is 0 Å². The molecule has 0 saturated heterocycles. The van der Waals surface area contributed by atoms with Gasteiger partial charge in [-0.15, -0.1) is 11.3 Å². The zero-order valence-electron chi connectivity index (χ0n) is 80.3. The Kier molecular flexibility index (Phi) is 35.5. The van der Waals surface area contributed by atoms with Crippen molar-refractivity contribution in [1.82, 2.24) is 107 Å². The van der Waals surface area contributed by atoms with E-state index in [1.165, 1.54) is 16.7 Å². The lowest BCUT2D eigenvalue weighted by Crippen LogP contribution is -2.11. The van der Waals surface area contributed by atoms with Crippen molar-refractivity contribution in [3.05, 3.63) is 270 Å². The van der Waals surface area contributed by atoms with Gasteiger partial charge in [-0.05, 0) is 130 Å². The molecule has 35 nitrogen and oxygen atoms in total. The number of nitrogens with zero attached hydrogens (tertiary/aromatic N) is 22. The second kappa shape index (κ2) is 49.9. The van der Waals surface area contributed by atoms with Crippen LogP contribution >= 0.6 is 11.3 Å². The molecule has 0 fully saturated rings. The first kappa shape index (κ1) is 98.8. The minimum absolute atomic E-state index is 0.265. The molecular weight excluding hydrogens is 1760 g/mol. The molecule has 15 aromatic heterocycles. The van der Waals surface area contributed by atoms with Crippen molar-refractivity contribution >= 4 is 159 Å². The van der Waals surface area contributed by atoms with Gasteiger partial charge in [0, 0.05) is 119 Å². The Morgan fingerprint density at radius 3 is 1.22 bits per heavy atom. The van der Waals surface area contributed by atoms with Crippen LogP contribution in [0.3, 0.4) is 0 Å². The monoisotopic (exact) mass is 1890 g/mol. The largest absolute Gasteiger partial charge is 0.492 e. The molecule has 0 atom stereocenters. The quantitative estimate of drug-likeness (QED) is 0.0127. The van der Waals surface area contributed by atoms with Crippen LogP contribution in [0.15, 0.2) is 237 Å². The Morgan fingerprint density at radius 2 is 0.755 bits per heavy atom. The van der Waals surface area contributed by atoms with Gasteiger partial charge < -0.3 is 98.4 Å². The average molecular weight is 1890 g/mol. The molecule has 19 rings (SSSR count). The number of para-hydroxylation sites is 2. The molecule has 139 heavy (non-hydrogen) atoms. The molecule has 0 radical (unpaired) electrons. The molecule has 0 saturated carbocycles. The third-order valence-corrected chi connectivity index (χ3v) is 23.2. The fourth-order valence-electron chi connectivity index (χ4n) is 15.6. The van der Waals surface area contributed by atoms with E-state index in [1.54, 1.807) is 36.0 Å². The lowest BCUT2D eigenvalue weighted by Gasteiger charge is -2.12. The Hall–Kier alpha value is -16.1. The number of fused-ring (bicyclic) bond motifs is 7. The van der Waals surface area contributed by atoms with E-state index in [4.69, 9.17) is 44.1 Å². The van der Waals surface area contributed by atoms with E-state index < -0.39 is 0 Å². The summed E-state index contributed by atoms with van der Waals surface area (Å²) in [5.74, 6) is 8.09. The SMILES string of the molecule is CCCCNc1nc(N)nc2c(C)cn(Cc3ccccc3)c12.CCCCNc1nc(N)nc2ccn(CC=C(C)C)c12.CCCCNc1nc(N)nc2ccn(CCOc3ccccc3)c12.CCCCNc1nc(N)nc2ccn(Cc3ccc4ccccc4n3)c12.CCCCNc1nc(N)nc2ccn(Cc3ncccn3)c12.Nc1nc(NCc2nccs2)c2c(ccn2Cc2ccccc2)n1. The van der Waals surface area contributed by atoms with E-state index in [-0.39, 0.29) is 17.8 Å². The summed E-state index contributed by atoms with van der Waals surface area (Å²) in [5, 5.41) is 24.4. The topological polar surface area (TPSA) is 473 Å². The number of nitrogens with one attached hydrogen (secondary N) is 6. The molecule has 0 bridgehead atoms. The Bertz CT molecular complexity index is 7110. The molecular formula is C103H126N34OS. The van der Waals surface area contributed by atoms with E-state index in [0.717, 1.165) is 256 Å². The summed E-state index contributed by atoms with van der Waals surface area (Å²) < 4.78 is 18.5. The van der Waals surface area contributed by atoms with Gasteiger partial charge in [-0.25, -0.2) is 44.9 Å². The van der Waals surface area contributed by atoms with E-state index in [9.17, 15) is 0 Å². The number of thiazole rings is 1. The molecule has 36 heteroatoms. The number of hydrogen-bond donors (Lipinski definition) is 12. The number of hydrogen-bond acceptors (Lipinski definition) is 30. The maximum atomic E-state index is 5.89. The molecule has 0 aliphatic carbocycles. The van der Waals surface area contributed by atoms with Crippen LogP contribution in [0.5, 0.6) is 5.75 Å². The smallest absolute Gasteiger partial charge is 0.222 e. The number of ether oxygens (including phenoxy) is 1. The van der Waals surface area contributed by atoms with Crippen LogP contribution in [-0.2, 0) is 45.8 Å². The van der Waals surface area contributed by atoms with Crippen LogP contribution in [0, 0.1) is 6.92 Å². The minimum atomic E-state index is 0.265. The van der Waals surface area contributed by atoms with Gasteiger partial charge in [0.15, 0.2) is 34.9 Å². The number of aryl methyl sites for hydroxylation is 1. The van der Waals surface area contributed by atoms with E-state index in [2.05, 4.69) is 252 Å². The standard InChI is InChI=1S/C20H22N6.C18H23N5O.C18H23N5.C17H16N6S.C15H19N7.C15H23N5/c1-2-3-11-22-19-18-17(24-20(21)25-19)10-12-26(18)13-15-9-8-14-6-4-5-7-16(14)23-15;1-2-3-10-20-17-16-15(21-18(19)22-17)9-11-23(16)12-13-24-14-7-5-4-6-8-14;1-3-4-10-20-17-16-15(21-18(19)22-17)13(2)11-23(16)12-14-8-6-5-7-9-14;18-17-21-13-6-8-23(11-12-4-2-1-3-5-12)15(13)16(22-17)20-10-14-19-7-9-24-14;1-2-3-6-19-14-13-11(20-15(16)21-14)5-9-22(13)10-12-17-7-4-8-18-12;1-4-5-8-17-14-13-12(18-15(16)19-14)7-10-20(13)9-6-11(2)3/h4-10,12H,2-3,11,13H2,1H3,(H3,21,22,24,25);4-9,11H,2-3,10,12-13H2,1H3,(H3,19,20,21,22);5-9,11H,3-4,10,12H2,1-2H3,(H3,19,20,21,22);1-9H,10-11H2,(H3,18,20,21,22);4-5,7-9H,2-3,6,10H2,1H3,(H3,16,19,20,21);6-7,10H,4-5,8-9H2,1-3H3,(H3,16,17,18,19). The number of rotatable bonds is 37. The third-order valence-electron chi connectivity index (χ3n) is 22.4. The lowest BCUT2D eigenvalue weighted by molar-refractivity contribution is 0.300. The number of allylic oxidation sites excluding steroid dienone is 2. The van der Waals surface area contributed by atoms with E-state index in [0.29, 0.717) is 50.6 Å². The van der Waals surface area contributed by atoms with Crippen molar-refractivity contribution in [3.8, 4) is 5.75 Å². The zero-order valence-corrected chi connectivity index (χ0v) is 81.1. The van der Waals surface area contributed by atoms with Gasteiger partial charge in [0.05, 0.1) is 70.5 Å². The molecule has 15 heterocycles. The number of pyridine rings is 1. The number of nitrogen functional groups attached to an aromatic ring is 6. The summed E-state index contributed by atoms with van der Waals surface area (Å²) in [5.41, 5.74) is 52.9. The summed E-state index contributed by atoms with van der Waals surface area (Å²) in [7, 11) is 0. The molecule has 0 aliphatic heterocycles. The first-order chi connectivity index (χ1) is 67.9. The molecule has 720 valence electrons. The molecule has 0 spiro atoms. The van der Waals surface area contributed by atoms with Gasteiger partial charge in [-0.3, -0.25) is 4.98 Å². The number of aromatic nitrogens is 22. The van der Waals surface area contributed by atoms with Gasteiger partial charge in [0.2, 0.25) is 35.7 Å². The zero-order chi connectivity index (χ0) is 97.2. The van der Waals surface area contributed by atoms with Crippen LogP contribution < -0.4 is 71.0 Å². The third kappa shape index (κ3) is 27.4. The summed E-state index contributed by atoms with van der Waals surface area (Å²) in [6.45, 7) is 27.0. The molecule has 19 aromatic rings. The van der Waals surface area contributed by atoms with Gasteiger partial charge >= 0.3 is 0 Å². The maximum absolute atomic E-state index is 5.89. The molecule has 4 aromatic carbocycles. The highest BCUT2D eigenvalue weighted by Crippen LogP contribution is 2.32. The highest BCUT2D eigenvalue weighted by Gasteiger charge is 2.20. The van der Waals surface area contributed by atoms with Crippen molar-refractivity contribution in [2.75, 3.05) is 106 Å². The van der Waals surface area contributed by atoms with Crippen LogP contribution in [0.1, 0.15) is 146 Å². The predicted molar refractivity (Wildman–Crippen MR) is 567 cm³/mol. The van der Waals surface area contributed by atoms with E-state index >= 15 is 0 Å². The first-order valence-corrected chi connectivity index (χ1v) is 48.3. The van der Waals surface area contributed by atoms with Gasteiger partial charge in [-0.2, -0.15) is 29.9 Å². The number of unbranched alkanes of at least 4 members (excludes halogenated alkanes) is 5. The van der Waals surface area contributed by atoms with Crippen molar-refractivity contribution < 1.29 is 4.74 Å². The molecule has 18 N–H and O–H groups in total. The summed E-state index contributed by atoms with van der Waals surface area (Å²) in [6.07, 6.45) is 30.7. The van der Waals surface area contributed by atoms with E-state index in [1.807, 2.05) is 144 Å². The van der Waals surface area contributed by atoms with Gasteiger partial charge in [-0.1, -0.05) is 182 Å². The van der Waals surface area contributed by atoms with Crippen molar-refractivity contribution in [1.29, 1.82) is 0 Å². The fourth-order valence-corrected chi connectivity index (χ4v) is 16.1. The minimum Gasteiger partial charge on any atom is -0.492 e. The van der Waals surface area contributed by atoms with Crippen molar-refractivity contribution in [2.45, 2.75) is 165 Å². The van der Waals surface area contributed by atoms with Crippen molar-refractivity contribution in [2.24, 2.45) is 0 Å². The highest BCUT2D eigenvalue weighted by atomic mass is 32.1. The predicted octanol–water partition coefficient (Wildman–Crippen LogP) is 19.1. The molecule has 0 amide bonds. The molecule has 0 aliphatic rings. The van der Waals surface area contributed by atoms with Crippen molar-refractivity contribution in [3.63, 3.8) is 0 Å². The second-order valence-corrected chi connectivity index (χ2v) is 34.4. The van der Waals surface area contributed by atoms with Gasteiger partial charge in [0.1, 0.15) is 56.3 Å². The number of nitrogens with two attached hydrogens (primary N) is 6. The normalized spacial score (nSPS) is 11.0. The van der Waals surface area contributed by atoms with Crippen LogP contribution in [0.4, 0.5) is 70.6 Å². The average Bonchev–Trinajstić information content (AvgIpc) is 1.62. The van der Waals surface area contributed by atoms with Crippen LogP contribution in [-0.4, -0.2) is 146 Å². The summed E-state index contributed by atoms with van der Waals surface area (Å²) in [6, 6.07) is 54.5. The second-order valence-electron chi connectivity index (χ2n) is 33.5. The highest BCUT2D eigenvalue weighted by molar-refractivity contribution is 7.09. The Balaban J connectivity index is 0.000000133. The lowest BCUT2D eigenvalue weighted by atomic mass is 10.2. The van der Waals surface area contributed by atoms with Gasteiger partial charge in [0.25, 0.3) is 0 Å². The molecule has 0 unspecified atom stereocenters. The van der Waals surface area contributed by atoms with Crippen LogP contribution in [0.25, 0.3) is 77.1 Å². The fraction of sp³-hybridized carbons (Fsp3) is 0.301. The summed E-state index contributed by atoms with van der Waals surface area (Å²) >= 11 is 1.61. The summed E-state index contributed by atoms with van der Waals surface area (Å²) in [4.78, 5) is 69.9. The number of anilines is 12. The Morgan fingerprint density at radius 1 is 0.360 bits per heavy atom. The maximum Gasteiger partial charge on any atom is 0.222 e. The first-order valence-electron chi connectivity index (χ1n) is 47.5. The Labute approximate surface area is 812 Å². The number of benzene rings is 4.